The Balaban J connectivity index is 1.94. The first-order chi connectivity index (χ1) is 13.4. The van der Waals surface area contributed by atoms with Gasteiger partial charge >= 0.3 is 6.18 Å². The molecular weight excluding hydrogens is 410 g/mol. The Hall–Kier alpha value is -2.18. The molecule has 3 nitrogen and oxygen atoms in total. The Morgan fingerprint density at radius 3 is 2.43 bits per heavy atom. The predicted molar refractivity (Wildman–Crippen MR) is 105 cm³/mol. The van der Waals surface area contributed by atoms with Crippen molar-refractivity contribution < 1.29 is 13.2 Å². The number of anilines is 1. The Morgan fingerprint density at radius 2 is 1.71 bits per heavy atom. The molecule has 8 heteroatoms. The van der Waals surface area contributed by atoms with Gasteiger partial charge in [0.25, 0.3) is 0 Å². The van der Waals surface area contributed by atoms with Gasteiger partial charge in [-0.1, -0.05) is 35.3 Å². The SMILES string of the molecule is FC(F)(F)c1cccc(-n2nc(-c3c(Cl)cccc3Cl)c3c2NCCCC3)c1. The summed E-state index contributed by atoms with van der Waals surface area (Å²) < 4.78 is 41.1. The quantitative estimate of drug-likeness (QED) is 0.500. The zero-order chi connectivity index (χ0) is 19.9. The van der Waals surface area contributed by atoms with E-state index in [1.54, 1.807) is 24.3 Å². The minimum absolute atomic E-state index is 0.329. The van der Waals surface area contributed by atoms with Crippen LogP contribution in [0.4, 0.5) is 19.0 Å². The number of benzene rings is 2. The molecule has 1 aliphatic heterocycles. The average molecular weight is 426 g/mol. The molecule has 0 amide bonds. The minimum Gasteiger partial charge on any atom is -0.370 e. The fourth-order valence-electron chi connectivity index (χ4n) is 3.43. The molecule has 2 aromatic carbocycles. The summed E-state index contributed by atoms with van der Waals surface area (Å²) in [6.07, 6.45) is -1.81. The third kappa shape index (κ3) is 3.47. The van der Waals surface area contributed by atoms with Crippen molar-refractivity contribution in [3.8, 4) is 16.9 Å². The molecule has 0 unspecified atom stereocenters. The highest BCUT2D eigenvalue weighted by Crippen LogP contribution is 2.41. The first-order valence-electron chi connectivity index (χ1n) is 8.84. The Kier molecular flexibility index (Phi) is 5.02. The molecular formula is C20H16Cl2F3N3. The third-order valence-corrected chi connectivity index (χ3v) is 5.38. The van der Waals surface area contributed by atoms with E-state index in [1.807, 2.05) is 0 Å². The van der Waals surface area contributed by atoms with Crippen LogP contribution in [0, 0.1) is 0 Å². The van der Waals surface area contributed by atoms with E-state index >= 15 is 0 Å². The van der Waals surface area contributed by atoms with Crippen LogP contribution in [0.1, 0.15) is 24.0 Å². The second kappa shape index (κ2) is 7.33. The maximum Gasteiger partial charge on any atom is 0.416 e. The molecule has 0 bridgehead atoms. The average Bonchev–Trinajstić information content (AvgIpc) is 2.83. The van der Waals surface area contributed by atoms with Gasteiger partial charge in [-0.2, -0.15) is 18.3 Å². The number of alkyl halides is 3. The molecule has 0 radical (unpaired) electrons. The van der Waals surface area contributed by atoms with Crippen LogP contribution >= 0.6 is 23.2 Å². The highest BCUT2D eigenvalue weighted by atomic mass is 35.5. The summed E-state index contributed by atoms with van der Waals surface area (Å²) in [5.41, 5.74) is 1.70. The van der Waals surface area contributed by atoms with Gasteiger partial charge in [0.05, 0.1) is 21.3 Å². The van der Waals surface area contributed by atoms with Crippen molar-refractivity contribution in [1.82, 2.24) is 9.78 Å². The fourth-order valence-corrected chi connectivity index (χ4v) is 4.00. The molecule has 0 saturated heterocycles. The van der Waals surface area contributed by atoms with E-state index in [4.69, 9.17) is 23.2 Å². The molecule has 1 N–H and O–H groups in total. The molecule has 3 aromatic rings. The number of hydrogen-bond donors (Lipinski definition) is 1. The van der Waals surface area contributed by atoms with Crippen molar-refractivity contribution in [3.63, 3.8) is 0 Å². The van der Waals surface area contributed by atoms with Crippen LogP contribution in [0.25, 0.3) is 16.9 Å². The van der Waals surface area contributed by atoms with Crippen LogP contribution in [0.15, 0.2) is 42.5 Å². The van der Waals surface area contributed by atoms with Crippen molar-refractivity contribution >= 4 is 29.0 Å². The number of hydrogen-bond acceptors (Lipinski definition) is 2. The monoisotopic (exact) mass is 425 g/mol. The van der Waals surface area contributed by atoms with Gasteiger partial charge < -0.3 is 5.32 Å². The summed E-state index contributed by atoms with van der Waals surface area (Å²) in [6, 6.07) is 10.3. The normalized spacial score (nSPS) is 14.3. The number of aromatic nitrogens is 2. The lowest BCUT2D eigenvalue weighted by atomic mass is 10.0. The van der Waals surface area contributed by atoms with E-state index in [0.717, 1.165) is 37.0 Å². The van der Waals surface area contributed by atoms with Gasteiger partial charge in [-0.3, -0.25) is 0 Å². The summed E-state index contributed by atoms with van der Waals surface area (Å²) in [6.45, 7) is 0.716. The van der Waals surface area contributed by atoms with Crippen LogP contribution in [0.5, 0.6) is 0 Å². The van der Waals surface area contributed by atoms with E-state index < -0.39 is 11.7 Å². The first-order valence-corrected chi connectivity index (χ1v) is 9.59. The first kappa shape index (κ1) is 19.2. The molecule has 2 heterocycles. The largest absolute Gasteiger partial charge is 0.416 e. The molecule has 4 rings (SSSR count). The minimum atomic E-state index is -4.43. The molecule has 0 spiro atoms. The summed E-state index contributed by atoms with van der Waals surface area (Å²) in [5, 5.41) is 8.85. The lowest BCUT2D eigenvalue weighted by Crippen LogP contribution is -2.09. The van der Waals surface area contributed by atoms with Crippen molar-refractivity contribution in [2.24, 2.45) is 0 Å². The van der Waals surface area contributed by atoms with Crippen LogP contribution in [-0.2, 0) is 12.6 Å². The molecule has 1 aliphatic rings. The van der Waals surface area contributed by atoms with Crippen LogP contribution < -0.4 is 5.32 Å². The highest BCUT2D eigenvalue weighted by Gasteiger charge is 2.31. The van der Waals surface area contributed by atoms with Crippen molar-refractivity contribution in [2.45, 2.75) is 25.4 Å². The van der Waals surface area contributed by atoms with E-state index in [0.29, 0.717) is 39.4 Å². The number of nitrogens with zero attached hydrogens (tertiary/aromatic N) is 2. The maximum absolute atomic E-state index is 13.2. The second-order valence-electron chi connectivity index (χ2n) is 6.62. The van der Waals surface area contributed by atoms with E-state index in [2.05, 4.69) is 10.4 Å². The van der Waals surface area contributed by atoms with Crippen LogP contribution in [-0.4, -0.2) is 16.3 Å². The maximum atomic E-state index is 13.2. The van der Waals surface area contributed by atoms with Gasteiger partial charge in [0.2, 0.25) is 0 Å². The van der Waals surface area contributed by atoms with E-state index in [9.17, 15) is 13.2 Å². The highest BCUT2D eigenvalue weighted by molar-refractivity contribution is 6.39. The second-order valence-corrected chi connectivity index (χ2v) is 7.43. The summed E-state index contributed by atoms with van der Waals surface area (Å²) in [7, 11) is 0. The Labute approximate surface area is 170 Å². The van der Waals surface area contributed by atoms with Crippen LogP contribution in [0.3, 0.4) is 0 Å². The molecule has 0 saturated carbocycles. The number of fused-ring (bicyclic) bond motifs is 1. The van der Waals surface area contributed by atoms with Gasteiger partial charge in [0.15, 0.2) is 0 Å². The molecule has 0 fully saturated rings. The lowest BCUT2D eigenvalue weighted by molar-refractivity contribution is -0.137. The van der Waals surface area contributed by atoms with Gasteiger partial charge in [-0.25, -0.2) is 4.68 Å². The summed E-state index contributed by atoms with van der Waals surface area (Å²) >= 11 is 12.8. The van der Waals surface area contributed by atoms with Gasteiger partial charge in [-0.15, -0.1) is 0 Å². The number of halogens is 5. The number of rotatable bonds is 2. The predicted octanol–water partition coefficient (Wildman–Crippen LogP) is 6.61. The molecule has 28 heavy (non-hydrogen) atoms. The van der Waals surface area contributed by atoms with E-state index in [1.165, 1.54) is 10.7 Å². The van der Waals surface area contributed by atoms with Crippen molar-refractivity contribution in [1.29, 1.82) is 0 Å². The molecule has 0 aliphatic carbocycles. The zero-order valence-electron chi connectivity index (χ0n) is 14.7. The topological polar surface area (TPSA) is 29.9 Å². The molecule has 146 valence electrons. The molecule has 1 aromatic heterocycles. The Bertz CT molecular complexity index is 1010. The van der Waals surface area contributed by atoms with Gasteiger partial charge in [0, 0.05) is 17.7 Å². The smallest absolute Gasteiger partial charge is 0.370 e. The number of nitrogens with one attached hydrogen (secondary N) is 1. The zero-order valence-corrected chi connectivity index (χ0v) is 16.2. The van der Waals surface area contributed by atoms with Crippen molar-refractivity contribution in [2.75, 3.05) is 11.9 Å². The lowest BCUT2D eigenvalue weighted by Gasteiger charge is -2.12. The van der Waals surface area contributed by atoms with Gasteiger partial charge in [0.1, 0.15) is 11.5 Å². The third-order valence-electron chi connectivity index (χ3n) is 4.75. The fraction of sp³-hybridized carbons (Fsp3) is 0.250. The summed E-state index contributed by atoms with van der Waals surface area (Å²) in [5.74, 6) is 0.683. The van der Waals surface area contributed by atoms with Crippen molar-refractivity contribution in [3.05, 3.63) is 63.6 Å². The molecule has 0 atom stereocenters. The van der Waals surface area contributed by atoms with E-state index in [-0.39, 0.29) is 0 Å². The Morgan fingerprint density at radius 1 is 1.00 bits per heavy atom. The van der Waals surface area contributed by atoms with Crippen LogP contribution in [0.2, 0.25) is 10.0 Å². The summed E-state index contributed by atoms with van der Waals surface area (Å²) in [4.78, 5) is 0. The van der Waals surface area contributed by atoms with Gasteiger partial charge in [-0.05, 0) is 49.6 Å². The standard InChI is InChI=1S/C20H16Cl2F3N3/c21-15-8-4-9-16(22)17(15)18-14-7-1-2-10-26-19(14)28(27-18)13-6-3-5-12(11-13)20(23,24)25/h3-6,8-9,11,26H,1-2,7,10H2.